The zero-order valence-electron chi connectivity index (χ0n) is 11.8. The molecule has 1 heterocycles. The summed E-state index contributed by atoms with van der Waals surface area (Å²) >= 11 is 0. The second-order valence-corrected chi connectivity index (χ2v) is 4.87. The minimum atomic E-state index is -0.727. The highest BCUT2D eigenvalue weighted by molar-refractivity contribution is 6.08. The molecule has 3 aromatic rings. The van der Waals surface area contributed by atoms with Crippen LogP contribution in [0.15, 0.2) is 33.5 Å². The fraction of sp³-hybridized carbons (Fsp3) is 0.125. The lowest BCUT2D eigenvalue weighted by atomic mass is 10.0. The SMILES string of the molecule is COC(=O)c1cc(C)c(O)c2oc3cccc(O)c3c(=O)c12. The van der Waals surface area contributed by atoms with Gasteiger partial charge < -0.3 is 19.4 Å². The number of fused-ring (bicyclic) bond motifs is 2. The lowest BCUT2D eigenvalue weighted by molar-refractivity contribution is 0.0602. The highest BCUT2D eigenvalue weighted by atomic mass is 16.5. The van der Waals surface area contributed by atoms with Crippen LogP contribution in [0.25, 0.3) is 21.9 Å². The number of ether oxygens (including phenoxy) is 1. The summed E-state index contributed by atoms with van der Waals surface area (Å²) < 4.78 is 10.2. The van der Waals surface area contributed by atoms with Gasteiger partial charge in [0.25, 0.3) is 0 Å². The Morgan fingerprint density at radius 1 is 1.23 bits per heavy atom. The van der Waals surface area contributed by atoms with Crippen LogP contribution in [0, 0.1) is 6.92 Å². The predicted molar refractivity (Wildman–Crippen MR) is 79.4 cm³/mol. The highest BCUT2D eigenvalue weighted by Crippen LogP contribution is 2.33. The first-order valence-corrected chi connectivity index (χ1v) is 6.45. The molecule has 0 saturated carbocycles. The first-order valence-electron chi connectivity index (χ1n) is 6.45. The van der Waals surface area contributed by atoms with Crippen LogP contribution in [0.1, 0.15) is 15.9 Å². The van der Waals surface area contributed by atoms with Crippen molar-refractivity contribution in [2.75, 3.05) is 7.11 Å². The number of methoxy groups -OCH3 is 1. The van der Waals surface area contributed by atoms with Gasteiger partial charge in [-0.3, -0.25) is 4.79 Å². The van der Waals surface area contributed by atoms with E-state index >= 15 is 0 Å². The van der Waals surface area contributed by atoms with Crippen molar-refractivity contribution in [2.45, 2.75) is 6.92 Å². The first-order chi connectivity index (χ1) is 10.5. The number of rotatable bonds is 1. The molecule has 1 aromatic heterocycles. The number of aromatic hydroxyl groups is 2. The minimum absolute atomic E-state index is 0.0216. The van der Waals surface area contributed by atoms with Crippen molar-refractivity contribution in [1.82, 2.24) is 0 Å². The van der Waals surface area contributed by atoms with Gasteiger partial charge in [-0.25, -0.2) is 4.79 Å². The summed E-state index contributed by atoms with van der Waals surface area (Å²) in [7, 11) is 1.19. The van der Waals surface area contributed by atoms with E-state index in [1.54, 1.807) is 6.92 Å². The average molecular weight is 300 g/mol. The van der Waals surface area contributed by atoms with Gasteiger partial charge in [-0.2, -0.15) is 0 Å². The van der Waals surface area contributed by atoms with E-state index in [1.165, 1.54) is 31.4 Å². The summed E-state index contributed by atoms with van der Waals surface area (Å²) in [5.41, 5.74) is -0.245. The van der Waals surface area contributed by atoms with E-state index in [1.807, 2.05) is 0 Å². The van der Waals surface area contributed by atoms with Crippen LogP contribution in [0.2, 0.25) is 0 Å². The Morgan fingerprint density at radius 2 is 1.95 bits per heavy atom. The van der Waals surface area contributed by atoms with E-state index < -0.39 is 11.4 Å². The lowest BCUT2D eigenvalue weighted by Gasteiger charge is -2.10. The normalized spacial score (nSPS) is 11.0. The first kappa shape index (κ1) is 13.9. The van der Waals surface area contributed by atoms with Crippen molar-refractivity contribution < 1.29 is 24.2 Å². The molecule has 22 heavy (non-hydrogen) atoms. The van der Waals surface area contributed by atoms with Gasteiger partial charge in [0.15, 0.2) is 11.3 Å². The van der Waals surface area contributed by atoms with Crippen LogP contribution >= 0.6 is 0 Å². The molecule has 0 radical (unpaired) electrons. The van der Waals surface area contributed by atoms with E-state index in [2.05, 4.69) is 4.74 Å². The van der Waals surface area contributed by atoms with Gasteiger partial charge in [-0.1, -0.05) is 6.07 Å². The maximum atomic E-state index is 12.7. The standard InChI is InChI=1S/C16H12O6/c1-7-6-8(16(20)21-2)11-14(19)12-9(17)4-3-5-10(12)22-15(11)13(7)18/h3-6,17-18H,1-2H3. The third kappa shape index (κ3) is 1.81. The van der Waals surface area contributed by atoms with E-state index in [-0.39, 0.29) is 39.0 Å². The molecule has 0 aliphatic rings. The number of carbonyl (C=O) groups excluding carboxylic acids is 1. The van der Waals surface area contributed by atoms with E-state index in [4.69, 9.17) is 4.42 Å². The highest BCUT2D eigenvalue weighted by Gasteiger charge is 2.22. The van der Waals surface area contributed by atoms with Crippen LogP contribution in [0.3, 0.4) is 0 Å². The summed E-state index contributed by atoms with van der Waals surface area (Å²) in [6.07, 6.45) is 0. The molecule has 0 fully saturated rings. The Kier molecular flexibility index (Phi) is 3.02. The number of hydrogen-bond donors (Lipinski definition) is 2. The van der Waals surface area contributed by atoms with Gasteiger partial charge in [0, 0.05) is 0 Å². The van der Waals surface area contributed by atoms with Crippen molar-refractivity contribution >= 4 is 27.9 Å². The number of esters is 1. The molecular weight excluding hydrogens is 288 g/mol. The zero-order valence-corrected chi connectivity index (χ0v) is 11.8. The van der Waals surface area contributed by atoms with Crippen molar-refractivity contribution in [3.05, 3.63) is 45.6 Å². The van der Waals surface area contributed by atoms with Crippen LogP contribution in [-0.4, -0.2) is 23.3 Å². The molecule has 2 aromatic carbocycles. The van der Waals surface area contributed by atoms with Gasteiger partial charge >= 0.3 is 5.97 Å². The molecule has 6 nitrogen and oxygen atoms in total. The number of benzene rings is 2. The van der Waals surface area contributed by atoms with Gasteiger partial charge in [0.2, 0.25) is 5.43 Å². The van der Waals surface area contributed by atoms with Gasteiger partial charge in [-0.05, 0) is 30.7 Å². The molecule has 0 amide bonds. The lowest BCUT2D eigenvalue weighted by Crippen LogP contribution is -2.11. The Hall–Kier alpha value is -3.02. The van der Waals surface area contributed by atoms with Gasteiger partial charge in [0.05, 0.1) is 18.1 Å². The van der Waals surface area contributed by atoms with Gasteiger partial charge in [0.1, 0.15) is 16.7 Å². The third-order valence-corrected chi connectivity index (χ3v) is 3.52. The third-order valence-electron chi connectivity index (χ3n) is 3.52. The minimum Gasteiger partial charge on any atom is -0.507 e. The maximum Gasteiger partial charge on any atom is 0.338 e. The van der Waals surface area contributed by atoms with Crippen molar-refractivity contribution in [3.63, 3.8) is 0 Å². The van der Waals surface area contributed by atoms with Crippen LogP contribution in [0.4, 0.5) is 0 Å². The molecule has 0 spiro atoms. The Balaban J connectivity index is 2.64. The van der Waals surface area contributed by atoms with Crippen molar-refractivity contribution in [3.8, 4) is 11.5 Å². The Bertz CT molecular complexity index is 983. The summed E-state index contributed by atoms with van der Waals surface area (Å²) in [5.74, 6) is -1.22. The van der Waals surface area contributed by atoms with Crippen molar-refractivity contribution in [1.29, 1.82) is 0 Å². The molecule has 0 bridgehead atoms. The second-order valence-electron chi connectivity index (χ2n) is 4.87. The van der Waals surface area contributed by atoms with Crippen LogP contribution in [-0.2, 0) is 4.74 Å². The molecule has 2 N–H and O–H groups in total. The van der Waals surface area contributed by atoms with Crippen molar-refractivity contribution in [2.24, 2.45) is 0 Å². The smallest absolute Gasteiger partial charge is 0.338 e. The van der Waals surface area contributed by atoms with E-state index in [0.717, 1.165) is 0 Å². The Morgan fingerprint density at radius 3 is 2.64 bits per heavy atom. The fourth-order valence-corrected chi connectivity index (χ4v) is 2.44. The molecule has 6 heteroatoms. The fourth-order valence-electron chi connectivity index (χ4n) is 2.44. The molecule has 0 saturated heterocycles. The predicted octanol–water partition coefficient (Wildman–Crippen LogP) is 2.45. The quantitative estimate of drug-likeness (QED) is 0.529. The summed E-state index contributed by atoms with van der Waals surface area (Å²) in [6.45, 7) is 1.58. The van der Waals surface area contributed by atoms with Crippen LogP contribution in [0.5, 0.6) is 11.5 Å². The van der Waals surface area contributed by atoms with Gasteiger partial charge in [-0.15, -0.1) is 0 Å². The zero-order chi connectivity index (χ0) is 16.0. The molecule has 112 valence electrons. The summed E-state index contributed by atoms with van der Waals surface area (Å²) in [4.78, 5) is 24.6. The number of hydrogen-bond acceptors (Lipinski definition) is 6. The van der Waals surface area contributed by atoms with E-state index in [0.29, 0.717) is 5.56 Å². The summed E-state index contributed by atoms with van der Waals surface area (Å²) in [6, 6.07) is 5.71. The largest absolute Gasteiger partial charge is 0.507 e. The maximum absolute atomic E-state index is 12.7. The molecule has 0 aliphatic carbocycles. The number of aryl methyl sites for hydroxylation is 1. The molecule has 3 rings (SSSR count). The average Bonchev–Trinajstić information content (AvgIpc) is 2.50. The molecule has 0 unspecified atom stereocenters. The molecular formula is C16H12O6. The van der Waals surface area contributed by atoms with Crippen LogP contribution < -0.4 is 5.43 Å². The topological polar surface area (TPSA) is 97.0 Å². The Labute approximate surface area is 124 Å². The molecule has 0 atom stereocenters. The van der Waals surface area contributed by atoms with E-state index in [9.17, 15) is 19.8 Å². The molecule has 0 aliphatic heterocycles. The number of phenols is 2. The monoisotopic (exact) mass is 300 g/mol. The summed E-state index contributed by atoms with van der Waals surface area (Å²) in [5, 5.41) is 19.9. The second kappa shape index (κ2) is 4.77. The number of carbonyl (C=O) groups is 1. The number of phenolic OH excluding ortho intramolecular Hbond substituents is 2.